The summed E-state index contributed by atoms with van der Waals surface area (Å²) in [6, 6.07) is 0. The molecule has 1 aliphatic heterocycles. The first-order valence-electron chi connectivity index (χ1n) is 6.08. The van der Waals surface area contributed by atoms with Gasteiger partial charge in [-0.1, -0.05) is 24.4 Å². The lowest BCUT2D eigenvalue weighted by atomic mass is 9.86. The number of nitro groups is 1. The molecule has 22 heavy (non-hydrogen) atoms. The van der Waals surface area contributed by atoms with Crippen LogP contribution in [-0.2, 0) is 9.59 Å². The number of carbonyl (C=O) groups excluding carboxylic acids is 1. The Balaban J connectivity index is 2.73. The number of hydrogen-bond acceptors (Lipinski definition) is 5. The lowest BCUT2D eigenvalue weighted by Gasteiger charge is -2.19. The summed E-state index contributed by atoms with van der Waals surface area (Å²) in [4.78, 5) is 37.5. The van der Waals surface area contributed by atoms with Crippen molar-refractivity contribution in [3.63, 3.8) is 0 Å². The van der Waals surface area contributed by atoms with Gasteiger partial charge < -0.3 is 5.11 Å². The average Bonchev–Trinajstić information content (AvgIpc) is 2.41. The van der Waals surface area contributed by atoms with E-state index in [4.69, 9.17) is 12.2 Å². The van der Waals surface area contributed by atoms with Gasteiger partial charge in [-0.3, -0.25) is 14.9 Å². The highest BCUT2D eigenvalue weighted by atomic mass is 32.1. The van der Waals surface area contributed by atoms with Gasteiger partial charge in [0.15, 0.2) is 0 Å². The molecule has 0 aromatic rings. The van der Waals surface area contributed by atoms with Crippen LogP contribution in [0, 0.1) is 10.1 Å². The molecular weight excluding hydrogens is 308 g/mol. The number of rotatable bonds is 3. The van der Waals surface area contributed by atoms with Crippen LogP contribution in [0.4, 0.5) is 0 Å². The Kier molecular flexibility index (Phi) is 3.96. The Morgan fingerprint density at radius 1 is 1.55 bits per heavy atom. The van der Waals surface area contributed by atoms with E-state index in [1.807, 2.05) is 0 Å². The molecule has 2 aliphatic rings. The standard InChI is InChI=1S/C14H10N2O5S/c1-6-3-10(22)9(16(20)21)4-8(6)12-11(14(18)19)7(2)5-15-13(12)17/h4-5H,2-3H2,1H3,(H,18,19). The molecule has 0 saturated carbocycles. The zero-order chi connectivity index (χ0) is 16.6. The molecular formula is C14H10N2O5S. The van der Waals surface area contributed by atoms with E-state index >= 15 is 0 Å². The third-order valence-corrected chi connectivity index (χ3v) is 3.61. The fourth-order valence-electron chi connectivity index (χ4n) is 2.23. The summed E-state index contributed by atoms with van der Waals surface area (Å²) < 4.78 is 0. The number of thiocarbonyl (C=S) groups is 1. The molecule has 0 atom stereocenters. The van der Waals surface area contributed by atoms with Gasteiger partial charge in [0.05, 0.1) is 20.9 Å². The zero-order valence-electron chi connectivity index (χ0n) is 11.5. The van der Waals surface area contributed by atoms with Gasteiger partial charge in [0.1, 0.15) is 0 Å². The van der Waals surface area contributed by atoms with Gasteiger partial charge >= 0.3 is 5.97 Å². The van der Waals surface area contributed by atoms with Crippen molar-refractivity contribution in [1.29, 1.82) is 0 Å². The molecule has 0 saturated heterocycles. The monoisotopic (exact) mass is 318 g/mol. The number of aliphatic imine (C=N–C) groups is 1. The normalized spacial score (nSPS) is 18.8. The van der Waals surface area contributed by atoms with Crippen molar-refractivity contribution >= 4 is 35.2 Å². The summed E-state index contributed by atoms with van der Waals surface area (Å²) in [5, 5.41) is 20.3. The first-order valence-corrected chi connectivity index (χ1v) is 6.49. The minimum absolute atomic E-state index is 0.0617. The quantitative estimate of drug-likeness (QED) is 0.482. The number of carbonyl (C=O) groups is 2. The van der Waals surface area contributed by atoms with E-state index in [1.165, 1.54) is 0 Å². The highest BCUT2D eigenvalue weighted by molar-refractivity contribution is 7.80. The smallest absolute Gasteiger partial charge is 0.337 e. The van der Waals surface area contributed by atoms with Crippen LogP contribution in [-0.4, -0.2) is 33.0 Å². The molecule has 8 heteroatoms. The van der Waals surface area contributed by atoms with Crippen molar-refractivity contribution in [3.05, 3.63) is 56.3 Å². The van der Waals surface area contributed by atoms with Crippen LogP contribution in [0.5, 0.6) is 0 Å². The molecule has 1 heterocycles. The molecule has 2 rings (SSSR count). The highest BCUT2D eigenvalue weighted by Gasteiger charge is 2.33. The first kappa shape index (κ1) is 15.6. The SMILES string of the molecule is C=C1C=NC(=O)C(C2=C(C)CC(=S)C([N+](=O)[O-])=C2)=C1C(=O)O. The maximum absolute atomic E-state index is 12.0. The third-order valence-electron chi connectivity index (χ3n) is 3.25. The second-order valence-corrected chi connectivity index (χ2v) is 5.22. The number of nitrogens with zero attached hydrogens (tertiary/aromatic N) is 2. The number of hydrogen-bond donors (Lipinski definition) is 1. The molecule has 0 unspecified atom stereocenters. The summed E-state index contributed by atoms with van der Waals surface area (Å²) in [6.45, 7) is 5.18. The molecule has 0 spiro atoms. The van der Waals surface area contributed by atoms with Gasteiger partial charge in [-0.25, -0.2) is 9.79 Å². The fraction of sp³-hybridized carbons (Fsp3) is 0.143. The molecule has 1 amide bonds. The Morgan fingerprint density at radius 2 is 2.18 bits per heavy atom. The summed E-state index contributed by atoms with van der Waals surface area (Å²) in [5.74, 6) is -2.12. The first-order chi connectivity index (χ1) is 10.2. The number of carboxylic acids is 1. The van der Waals surface area contributed by atoms with Crippen molar-refractivity contribution in [2.24, 2.45) is 4.99 Å². The fourth-order valence-corrected chi connectivity index (χ4v) is 2.58. The number of carboxylic acid groups (broad SMARTS) is 1. The molecule has 0 aromatic heterocycles. The predicted molar refractivity (Wildman–Crippen MR) is 82.3 cm³/mol. The molecule has 0 aromatic carbocycles. The minimum atomic E-state index is -1.34. The van der Waals surface area contributed by atoms with Gasteiger partial charge in [-0.2, -0.15) is 0 Å². The van der Waals surface area contributed by atoms with Gasteiger partial charge in [0, 0.05) is 24.3 Å². The van der Waals surface area contributed by atoms with Crippen molar-refractivity contribution in [2.75, 3.05) is 0 Å². The van der Waals surface area contributed by atoms with Crippen LogP contribution in [0.15, 0.2) is 51.2 Å². The molecule has 0 radical (unpaired) electrons. The van der Waals surface area contributed by atoms with Crippen LogP contribution in [0.2, 0.25) is 0 Å². The van der Waals surface area contributed by atoms with Crippen molar-refractivity contribution in [3.8, 4) is 0 Å². The molecule has 0 fully saturated rings. The van der Waals surface area contributed by atoms with Crippen molar-refractivity contribution < 1.29 is 19.6 Å². The van der Waals surface area contributed by atoms with Crippen LogP contribution >= 0.6 is 12.2 Å². The molecule has 0 bridgehead atoms. The molecule has 112 valence electrons. The van der Waals surface area contributed by atoms with Gasteiger partial charge in [-0.15, -0.1) is 0 Å². The maximum atomic E-state index is 12.0. The van der Waals surface area contributed by atoms with Crippen molar-refractivity contribution in [2.45, 2.75) is 13.3 Å². The Morgan fingerprint density at radius 3 is 2.73 bits per heavy atom. The van der Waals surface area contributed by atoms with Crippen LogP contribution in [0.3, 0.4) is 0 Å². The van der Waals surface area contributed by atoms with E-state index < -0.39 is 16.8 Å². The largest absolute Gasteiger partial charge is 0.478 e. The van der Waals surface area contributed by atoms with E-state index in [9.17, 15) is 24.8 Å². The maximum Gasteiger partial charge on any atom is 0.337 e. The van der Waals surface area contributed by atoms with E-state index in [-0.39, 0.29) is 39.3 Å². The third kappa shape index (κ3) is 2.56. The topological polar surface area (TPSA) is 110 Å². The predicted octanol–water partition coefficient (Wildman–Crippen LogP) is 1.79. The summed E-state index contributed by atoms with van der Waals surface area (Å²) >= 11 is 4.96. The molecule has 1 aliphatic carbocycles. The van der Waals surface area contributed by atoms with Crippen LogP contribution in [0.1, 0.15) is 13.3 Å². The molecule has 7 nitrogen and oxygen atoms in total. The van der Waals surface area contributed by atoms with Gasteiger partial charge in [0.2, 0.25) is 0 Å². The summed E-state index contributed by atoms with van der Waals surface area (Å²) in [7, 11) is 0. The zero-order valence-corrected chi connectivity index (χ0v) is 12.3. The Bertz CT molecular complexity index is 783. The van der Waals surface area contributed by atoms with E-state index in [2.05, 4.69) is 11.6 Å². The average molecular weight is 318 g/mol. The summed E-state index contributed by atoms with van der Waals surface area (Å²) in [5.41, 5.74) is -0.0174. The Labute approximate surface area is 130 Å². The highest BCUT2D eigenvalue weighted by Crippen LogP contribution is 2.33. The van der Waals surface area contributed by atoms with E-state index in [0.29, 0.717) is 5.57 Å². The lowest BCUT2D eigenvalue weighted by Crippen LogP contribution is -2.22. The van der Waals surface area contributed by atoms with Crippen molar-refractivity contribution in [1.82, 2.24) is 0 Å². The lowest BCUT2D eigenvalue weighted by molar-refractivity contribution is -0.415. The number of amides is 1. The second-order valence-electron chi connectivity index (χ2n) is 4.72. The Hall–Kier alpha value is -2.74. The number of dihydropyridines is 1. The van der Waals surface area contributed by atoms with E-state index in [1.54, 1.807) is 6.92 Å². The number of allylic oxidation sites excluding steroid dienone is 3. The van der Waals surface area contributed by atoms with E-state index in [0.717, 1.165) is 12.3 Å². The van der Waals surface area contributed by atoms with Crippen LogP contribution in [0.25, 0.3) is 0 Å². The minimum Gasteiger partial charge on any atom is -0.478 e. The van der Waals surface area contributed by atoms with Crippen LogP contribution < -0.4 is 0 Å². The summed E-state index contributed by atoms with van der Waals surface area (Å²) in [6.07, 6.45) is 2.31. The number of aliphatic carboxylic acids is 1. The van der Waals surface area contributed by atoms with Gasteiger partial charge in [-0.05, 0) is 12.5 Å². The molecule has 1 N–H and O–H groups in total. The second kappa shape index (κ2) is 5.57. The van der Waals surface area contributed by atoms with Gasteiger partial charge in [0.25, 0.3) is 11.6 Å².